The van der Waals surface area contributed by atoms with E-state index in [2.05, 4.69) is 10.3 Å². The third kappa shape index (κ3) is 5.15. The van der Waals surface area contributed by atoms with Gasteiger partial charge >= 0.3 is 0 Å². The molecule has 2 N–H and O–H groups in total. The van der Waals surface area contributed by atoms with E-state index >= 15 is 0 Å². The molecule has 0 saturated carbocycles. The van der Waals surface area contributed by atoms with Crippen LogP contribution in [0.5, 0.6) is 11.5 Å². The van der Waals surface area contributed by atoms with Gasteiger partial charge in [0.1, 0.15) is 28.5 Å². The molecule has 37 heavy (non-hydrogen) atoms. The molecule has 0 saturated heterocycles. The molecule has 8 nitrogen and oxygen atoms in total. The molecule has 0 aliphatic heterocycles. The van der Waals surface area contributed by atoms with Crippen molar-refractivity contribution in [2.45, 2.75) is 38.6 Å². The molecule has 0 atom stereocenters. The summed E-state index contributed by atoms with van der Waals surface area (Å²) < 4.78 is 46.3. The van der Waals surface area contributed by atoms with Crippen LogP contribution in [0.4, 0.5) is 4.39 Å². The zero-order valence-electron chi connectivity index (χ0n) is 21.4. The van der Waals surface area contributed by atoms with E-state index < -0.39 is 15.7 Å². The number of halogens is 1. The zero-order valence-corrected chi connectivity index (χ0v) is 22.2. The Morgan fingerprint density at radius 1 is 1.08 bits per heavy atom. The van der Waals surface area contributed by atoms with Gasteiger partial charge in [-0.05, 0) is 75.2 Å². The maximum absolute atomic E-state index is 13.9. The van der Waals surface area contributed by atoms with Crippen molar-refractivity contribution in [1.29, 1.82) is 0 Å². The van der Waals surface area contributed by atoms with Crippen molar-refractivity contribution < 1.29 is 22.3 Å². The summed E-state index contributed by atoms with van der Waals surface area (Å²) >= 11 is 0. The lowest BCUT2D eigenvalue weighted by Gasteiger charge is -2.17. The van der Waals surface area contributed by atoms with E-state index in [-0.39, 0.29) is 33.6 Å². The second-order valence-corrected chi connectivity index (χ2v) is 11.5. The number of aryl methyl sites for hydroxylation is 3. The predicted octanol–water partition coefficient (Wildman–Crippen LogP) is 4.62. The van der Waals surface area contributed by atoms with Crippen molar-refractivity contribution >= 4 is 26.6 Å². The standard InChI is InChI=1S/C27H28FN3O5S/c1-14(2)29-26(32)22-12-20-21(13-31(5)27(33)24(20)30-22)19-11-18(37(6,34)35)7-8-23(19)36-25-15(3)9-17(28)10-16(25)4/h7-14,30H,1-6H3,(H,29,32). The predicted molar refractivity (Wildman–Crippen MR) is 141 cm³/mol. The van der Waals surface area contributed by atoms with Crippen molar-refractivity contribution in [3.8, 4) is 22.6 Å². The number of nitrogens with one attached hydrogen (secondary N) is 2. The molecule has 10 heteroatoms. The van der Waals surface area contributed by atoms with Crippen molar-refractivity contribution in [3.05, 3.63) is 75.6 Å². The second-order valence-electron chi connectivity index (χ2n) is 9.46. The van der Waals surface area contributed by atoms with E-state index in [9.17, 15) is 22.4 Å². The Hall–Kier alpha value is -3.92. The van der Waals surface area contributed by atoms with Crippen molar-refractivity contribution in [2.75, 3.05) is 6.26 Å². The number of sulfone groups is 1. The maximum Gasteiger partial charge on any atom is 0.274 e. The van der Waals surface area contributed by atoms with Gasteiger partial charge in [0, 0.05) is 42.1 Å². The summed E-state index contributed by atoms with van der Waals surface area (Å²) in [4.78, 5) is 28.6. The van der Waals surface area contributed by atoms with E-state index in [1.807, 2.05) is 13.8 Å². The van der Waals surface area contributed by atoms with Crippen molar-refractivity contribution in [3.63, 3.8) is 0 Å². The summed E-state index contributed by atoms with van der Waals surface area (Å²) in [7, 11) is -2.02. The normalized spacial score (nSPS) is 11.8. The van der Waals surface area contributed by atoms with Crippen LogP contribution in [-0.2, 0) is 16.9 Å². The Balaban J connectivity index is 2.00. The van der Waals surface area contributed by atoms with Gasteiger partial charge in [-0.15, -0.1) is 0 Å². The van der Waals surface area contributed by atoms with Crippen LogP contribution in [0.1, 0.15) is 35.5 Å². The largest absolute Gasteiger partial charge is 0.456 e. The first-order valence-corrected chi connectivity index (χ1v) is 13.5. The maximum atomic E-state index is 13.9. The molecule has 0 radical (unpaired) electrons. The number of hydrogen-bond donors (Lipinski definition) is 2. The number of benzene rings is 2. The quantitative estimate of drug-likeness (QED) is 0.382. The minimum absolute atomic E-state index is 0.0534. The number of carbonyl (C=O) groups is 1. The lowest BCUT2D eigenvalue weighted by molar-refractivity contribution is 0.0939. The molecule has 0 unspecified atom stereocenters. The molecular formula is C27H28FN3O5S. The zero-order chi connectivity index (χ0) is 27.2. The molecule has 2 aromatic heterocycles. The van der Waals surface area contributed by atoms with E-state index in [0.29, 0.717) is 39.1 Å². The fourth-order valence-corrected chi connectivity index (χ4v) is 4.87. The monoisotopic (exact) mass is 525 g/mol. The van der Waals surface area contributed by atoms with Crippen LogP contribution in [0.2, 0.25) is 0 Å². The molecule has 0 bridgehead atoms. The van der Waals surface area contributed by atoms with E-state index in [1.165, 1.54) is 34.9 Å². The van der Waals surface area contributed by atoms with Gasteiger partial charge in [0.2, 0.25) is 0 Å². The van der Waals surface area contributed by atoms with Crippen LogP contribution in [0.25, 0.3) is 22.0 Å². The molecule has 2 aromatic carbocycles. The highest BCUT2D eigenvalue weighted by Crippen LogP contribution is 2.40. The second kappa shape index (κ2) is 9.51. The summed E-state index contributed by atoms with van der Waals surface area (Å²) in [6.45, 7) is 7.08. The smallest absolute Gasteiger partial charge is 0.274 e. The first-order valence-electron chi connectivity index (χ1n) is 11.6. The van der Waals surface area contributed by atoms with E-state index in [0.717, 1.165) is 6.26 Å². The Morgan fingerprint density at radius 3 is 2.32 bits per heavy atom. The van der Waals surface area contributed by atoms with Gasteiger partial charge in [0.25, 0.3) is 11.5 Å². The minimum atomic E-state index is -3.58. The number of ether oxygens (including phenoxy) is 1. The number of fused-ring (bicyclic) bond motifs is 1. The average Bonchev–Trinajstić information content (AvgIpc) is 3.24. The van der Waals surface area contributed by atoms with Gasteiger partial charge in [0.15, 0.2) is 9.84 Å². The van der Waals surface area contributed by atoms with Gasteiger partial charge in [-0.3, -0.25) is 9.59 Å². The highest BCUT2D eigenvalue weighted by Gasteiger charge is 2.21. The van der Waals surface area contributed by atoms with Crippen LogP contribution in [0.3, 0.4) is 0 Å². The Morgan fingerprint density at radius 2 is 1.73 bits per heavy atom. The number of nitrogens with zero attached hydrogens (tertiary/aromatic N) is 1. The van der Waals surface area contributed by atoms with Crippen LogP contribution >= 0.6 is 0 Å². The minimum Gasteiger partial charge on any atom is -0.456 e. The lowest BCUT2D eigenvalue weighted by Crippen LogP contribution is -2.30. The van der Waals surface area contributed by atoms with Crippen LogP contribution in [-0.4, -0.2) is 36.2 Å². The van der Waals surface area contributed by atoms with Crippen molar-refractivity contribution in [2.24, 2.45) is 7.05 Å². The molecule has 194 valence electrons. The number of H-pyrrole nitrogens is 1. The molecule has 0 fully saturated rings. The third-order valence-electron chi connectivity index (χ3n) is 5.94. The fraction of sp³-hybridized carbons (Fsp3) is 0.259. The molecule has 0 aliphatic carbocycles. The van der Waals surface area contributed by atoms with Crippen molar-refractivity contribution in [1.82, 2.24) is 14.9 Å². The average molecular weight is 526 g/mol. The van der Waals surface area contributed by atoms with Gasteiger partial charge in [-0.25, -0.2) is 12.8 Å². The molecule has 4 rings (SSSR count). The molecule has 1 amide bonds. The number of aromatic nitrogens is 2. The molecule has 0 spiro atoms. The number of carbonyl (C=O) groups excluding carboxylic acids is 1. The highest BCUT2D eigenvalue weighted by atomic mass is 32.2. The first kappa shape index (κ1) is 26.2. The highest BCUT2D eigenvalue weighted by molar-refractivity contribution is 7.90. The SMILES string of the molecule is Cc1cc(F)cc(C)c1Oc1ccc(S(C)(=O)=O)cc1-c1cn(C)c(=O)c2[nH]c(C(=O)NC(C)C)cc12. The topological polar surface area (TPSA) is 110 Å². The van der Waals surface area contributed by atoms with Gasteiger partial charge in [-0.2, -0.15) is 0 Å². The van der Waals surface area contributed by atoms with Crippen LogP contribution in [0.15, 0.2) is 52.3 Å². The molecule has 0 aliphatic rings. The number of hydrogen-bond acceptors (Lipinski definition) is 5. The summed E-state index contributed by atoms with van der Waals surface area (Å²) in [5, 5.41) is 3.22. The van der Waals surface area contributed by atoms with Gasteiger partial charge < -0.3 is 19.6 Å². The molecule has 4 aromatic rings. The number of rotatable bonds is 6. The molecule has 2 heterocycles. The number of pyridine rings is 1. The Kier molecular flexibility index (Phi) is 6.72. The Labute approximate surface area is 214 Å². The van der Waals surface area contributed by atoms with Gasteiger partial charge in [0.05, 0.1) is 4.90 Å². The lowest BCUT2D eigenvalue weighted by atomic mass is 10.0. The van der Waals surface area contributed by atoms with Crippen LogP contribution < -0.4 is 15.6 Å². The number of aromatic amines is 1. The Bertz CT molecular complexity index is 1700. The van der Waals surface area contributed by atoms with Crippen LogP contribution in [0, 0.1) is 19.7 Å². The van der Waals surface area contributed by atoms with E-state index in [4.69, 9.17) is 4.74 Å². The number of amides is 1. The summed E-state index contributed by atoms with van der Waals surface area (Å²) in [6.07, 6.45) is 2.67. The summed E-state index contributed by atoms with van der Waals surface area (Å²) in [5.74, 6) is -0.0335. The summed E-state index contributed by atoms with van der Waals surface area (Å²) in [6, 6.07) is 8.58. The fourth-order valence-electron chi connectivity index (χ4n) is 4.22. The first-order chi connectivity index (χ1) is 17.3. The molecular weight excluding hydrogens is 497 g/mol. The third-order valence-corrected chi connectivity index (χ3v) is 7.05. The summed E-state index contributed by atoms with van der Waals surface area (Å²) in [5.41, 5.74) is 2.04. The van der Waals surface area contributed by atoms with Gasteiger partial charge in [-0.1, -0.05) is 0 Å². The van der Waals surface area contributed by atoms with E-state index in [1.54, 1.807) is 33.2 Å².